The summed E-state index contributed by atoms with van der Waals surface area (Å²) in [5, 5.41) is 0. The van der Waals surface area contributed by atoms with Crippen molar-refractivity contribution in [2.24, 2.45) is 11.3 Å². The summed E-state index contributed by atoms with van der Waals surface area (Å²) in [6.07, 6.45) is 6.62. The van der Waals surface area contributed by atoms with Gasteiger partial charge in [-0.05, 0) is 47.8 Å². The van der Waals surface area contributed by atoms with Crippen LogP contribution in [0.3, 0.4) is 0 Å². The van der Waals surface area contributed by atoms with Gasteiger partial charge in [0.2, 0.25) is 0 Å². The molecule has 2 aromatic rings. The van der Waals surface area contributed by atoms with E-state index in [9.17, 15) is 0 Å². The number of benzene rings is 2. The molecule has 2 bridgehead atoms. The third-order valence-corrected chi connectivity index (χ3v) is 5.74. The number of hydrogen-bond acceptors (Lipinski definition) is 0. The first kappa shape index (κ1) is 12.9. The van der Waals surface area contributed by atoms with Gasteiger partial charge in [0.15, 0.2) is 0 Å². The van der Waals surface area contributed by atoms with Gasteiger partial charge in [-0.2, -0.15) is 0 Å². The fourth-order valence-corrected chi connectivity index (χ4v) is 4.59. The maximum absolute atomic E-state index is 2.57. The predicted molar refractivity (Wildman–Crippen MR) is 89.1 cm³/mol. The van der Waals surface area contributed by atoms with Crippen molar-refractivity contribution in [3.05, 3.63) is 77.9 Å². The second-order valence-corrected chi connectivity index (χ2v) is 6.74. The Morgan fingerprint density at radius 1 is 0.952 bits per heavy atom. The Kier molecular flexibility index (Phi) is 2.99. The monoisotopic (exact) mass is 274 g/mol. The van der Waals surface area contributed by atoms with E-state index < -0.39 is 0 Å². The summed E-state index contributed by atoms with van der Waals surface area (Å²) < 4.78 is 0. The zero-order valence-electron chi connectivity index (χ0n) is 12.6. The van der Waals surface area contributed by atoms with Gasteiger partial charge in [-0.15, -0.1) is 0 Å². The van der Waals surface area contributed by atoms with Gasteiger partial charge in [0.25, 0.3) is 0 Å². The maximum Gasteiger partial charge on any atom is 0.00276 e. The largest absolute Gasteiger partial charge is 0.0770 e. The lowest BCUT2D eigenvalue weighted by atomic mass is 9.66. The minimum Gasteiger partial charge on any atom is -0.0770 e. The van der Waals surface area contributed by atoms with E-state index in [2.05, 4.69) is 73.7 Å². The van der Waals surface area contributed by atoms with Crippen LogP contribution in [0.5, 0.6) is 0 Å². The molecule has 3 unspecified atom stereocenters. The molecule has 2 aliphatic rings. The van der Waals surface area contributed by atoms with E-state index in [1.54, 1.807) is 5.57 Å². The van der Waals surface area contributed by atoms with Crippen molar-refractivity contribution in [3.8, 4) is 0 Å². The van der Waals surface area contributed by atoms with Crippen LogP contribution in [0.25, 0.3) is 5.57 Å². The fourth-order valence-electron chi connectivity index (χ4n) is 4.59. The lowest BCUT2D eigenvalue weighted by molar-refractivity contribution is 0.349. The molecule has 0 amide bonds. The number of fused-ring (bicyclic) bond motifs is 2. The van der Waals surface area contributed by atoms with Gasteiger partial charge in [0.05, 0.1) is 0 Å². The van der Waals surface area contributed by atoms with Crippen molar-refractivity contribution in [2.45, 2.75) is 32.1 Å². The highest BCUT2D eigenvalue weighted by molar-refractivity contribution is 5.75. The van der Waals surface area contributed by atoms with Crippen LogP contribution in [0.4, 0.5) is 0 Å². The molecule has 0 spiro atoms. The molecule has 0 radical (unpaired) electrons. The van der Waals surface area contributed by atoms with Gasteiger partial charge in [-0.25, -0.2) is 0 Å². The number of allylic oxidation sites excluding steroid dienone is 2. The summed E-state index contributed by atoms with van der Waals surface area (Å²) in [5.74, 6) is 1.39. The maximum atomic E-state index is 2.57. The minimum atomic E-state index is 0.355. The highest BCUT2D eigenvalue weighted by Gasteiger charge is 2.50. The van der Waals surface area contributed by atoms with Crippen LogP contribution < -0.4 is 0 Å². The topological polar surface area (TPSA) is 0 Å². The van der Waals surface area contributed by atoms with Crippen LogP contribution in [0.1, 0.15) is 43.2 Å². The molecule has 0 saturated heterocycles. The van der Waals surface area contributed by atoms with E-state index in [-0.39, 0.29) is 0 Å². The first-order chi connectivity index (χ1) is 10.3. The van der Waals surface area contributed by atoms with Crippen molar-refractivity contribution in [2.75, 3.05) is 0 Å². The Morgan fingerprint density at radius 3 is 2.29 bits per heavy atom. The normalized spacial score (nSPS) is 28.4. The molecule has 0 N–H and O–H groups in total. The fraction of sp³-hybridized carbons (Fsp3) is 0.333. The summed E-state index contributed by atoms with van der Waals surface area (Å²) in [7, 11) is 0. The van der Waals surface area contributed by atoms with Crippen LogP contribution in [-0.2, 0) is 0 Å². The van der Waals surface area contributed by atoms with Gasteiger partial charge >= 0.3 is 0 Å². The van der Waals surface area contributed by atoms with E-state index in [0.29, 0.717) is 11.3 Å². The third kappa shape index (κ3) is 1.97. The average molecular weight is 274 g/mol. The lowest BCUT2D eigenvalue weighted by Gasteiger charge is -2.37. The van der Waals surface area contributed by atoms with Crippen LogP contribution in [-0.4, -0.2) is 0 Å². The van der Waals surface area contributed by atoms with Crippen LogP contribution in [0, 0.1) is 11.3 Å². The van der Waals surface area contributed by atoms with Crippen LogP contribution in [0.15, 0.2) is 66.7 Å². The van der Waals surface area contributed by atoms with Gasteiger partial charge in [-0.3, -0.25) is 0 Å². The summed E-state index contributed by atoms with van der Waals surface area (Å²) in [6.45, 7) is 2.43. The molecule has 0 nitrogen and oxygen atoms in total. The number of rotatable bonds is 3. The zero-order valence-corrected chi connectivity index (χ0v) is 12.6. The molecular weight excluding hydrogens is 252 g/mol. The van der Waals surface area contributed by atoms with Crippen LogP contribution in [0.2, 0.25) is 0 Å². The Labute approximate surface area is 127 Å². The van der Waals surface area contributed by atoms with Gasteiger partial charge in [-0.1, -0.05) is 73.7 Å². The van der Waals surface area contributed by atoms with Crippen molar-refractivity contribution in [1.29, 1.82) is 0 Å². The molecule has 0 aliphatic heterocycles. The van der Waals surface area contributed by atoms with Gasteiger partial charge in [0, 0.05) is 5.41 Å². The molecule has 3 atom stereocenters. The molecule has 1 fully saturated rings. The zero-order chi connectivity index (χ0) is 14.3. The Hall–Kier alpha value is -1.82. The van der Waals surface area contributed by atoms with Crippen molar-refractivity contribution < 1.29 is 0 Å². The lowest BCUT2D eigenvalue weighted by Crippen LogP contribution is -2.24. The summed E-state index contributed by atoms with van der Waals surface area (Å²) in [6, 6.07) is 22.1. The van der Waals surface area contributed by atoms with E-state index in [1.165, 1.54) is 30.4 Å². The Bertz CT molecular complexity index is 653. The predicted octanol–water partition coefficient (Wildman–Crippen LogP) is 5.67. The summed E-state index contributed by atoms with van der Waals surface area (Å²) in [4.78, 5) is 0. The molecule has 2 aromatic carbocycles. The molecule has 106 valence electrons. The van der Waals surface area contributed by atoms with E-state index in [4.69, 9.17) is 0 Å². The Balaban J connectivity index is 1.77. The van der Waals surface area contributed by atoms with E-state index in [0.717, 1.165) is 5.92 Å². The Morgan fingerprint density at radius 2 is 1.62 bits per heavy atom. The van der Waals surface area contributed by atoms with Gasteiger partial charge < -0.3 is 0 Å². The first-order valence-electron chi connectivity index (χ1n) is 8.12. The van der Waals surface area contributed by atoms with Crippen LogP contribution >= 0.6 is 0 Å². The summed E-state index contributed by atoms with van der Waals surface area (Å²) >= 11 is 0. The smallest absolute Gasteiger partial charge is 0.00276 e. The standard InChI is InChI=1S/C21H22/c1-16(18-8-4-2-5-9-18)21-13-12-17(15-21)14-20(21)19-10-6-3-7-11-19/h2-11,14,16-17H,12-13,15H2,1H3. The highest BCUT2D eigenvalue weighted by Crippen LogP contribution is 2.63. The van der Waals surface area contributed by atoms with Gasteiger partial charge in [0.1, 0.15) is 0 Å². The quantitative estimate of drug-likeness (QED) is 0.676. The molecule has 0 heterocycles. The minimum absolute atomic E-state index is 0.355. The van der Waals surface area contributed by atoms with E-state index in [1.807, 2.05) is 0 Å². The van der Waals surface area contributed by atoms with Crippen molar-refractivity contribution in [3.63, 3.8) is 0 Å². The molecule has 21 heavy (non-hydrogen) atoms. The SMILES string of the molecule is CC(c1ccccc1)C12CCC(C=C1c1ccccc1)C2. The molecular formula is C21H22. The summed E-state index contributed by atoms with van der Waals surface area (Å²) in [5.41, 5.74) is 4.88. The molecule has 4 rings (SSSR count). The highest BCUT2D eigenvalue weighted by atomic mass is 14.5. The average Bonchev–Trinajstić information content (AvgIpc) is 3.15. The first-order valence-corrected chi connectivity index (χ1v) is 8.12. The second-order valence-electron chi connectivity index (χ2n) is 6.74. The molecule has 0 aromatic heterocycles. The molecule has 2 aliphatic carbocycles. The second kappa shape index (κ2) is 4.87. The number of hydrogen-bond donors (Lipinski definition) is 0. The third-order valence-electron chi connectivity index (χ3n) is 5.74. The molecule has 0 heteroatoms. The molecule has 1 saturated carbocycles. The van der Waals surface area contributed by atoms with Crippen molar-refractivity contribution >= 4 is 5.57 Å². The van der Waals surface area contributed by atoms with Crippen molar-refractivity contribution in [1.82, 2.24) is 0 Å². The van der Waals surface area contributed by atoms with E-state index >= 15 is 0 Å².